The Morgan fingerprint density at radius 3 is 2.75 bits per heavy atom. The van der Waals surface area contributed by atoms with Crippen LogP contribution in [0.15, 0.2) is 30.6 Å². The molecule has 126 valence electrons. The fraction of sp³-hybridized carbons (Fsp3) is 0.267. The number of alkyl halides is 3. The normalized spacial score (nSPS) is 11.9. The molecule has 3 rings (SSSR count). The van der Waals surface area contributed by atoms with Crippen molar-refractivity contribution in [2.75, 3.05) is 6.61 Å². The largest absolute Gasteiger partial charge is 0.462 e. The summed E-state index contributed by atoms with van der Waals surface area (Å²) in [4.78, 5) is 16.0. The maximum atomic E-state index is 13.5. The second-order valence-electron chi connectivity index (χ2n) is 5.03. The second-order valence-corrected chi connectivity index (χ2v) is 5.03. The monoisotopic (exact) mass is 338 g/mol. The summed E-state index contributed by atoms with van der Waals surface area (Å²) in [5.74, 6) is -0.943. The lowest BCUT2D eigenvalue weighted by Crippen LogP contribution is -2.19. The zero-order chi connectivity index (χ0) is 17.5. The van der Waals surface area contributed by atoms with E-state index in [0.29, 0.717) is 16.0 Å². The van der Waals surface area contributed by atoms with Gasteiger partial charge in [-0.25, -0.2) is 14.5 Å². The molecule has 6 nitrogen and oxygen atoms in total. The molecule has 0 aliphatic heterocycles. The van der Waals surface area contributed by atoms with E-state index in [0.717, 1.165) is 6.20 Å². The van der Waals surface area contributed by atoms with Crippen molar-refractivity contribution in [2.24, 2.45) is 0 Å². The van der Waals surface area contributed by atoms with Crippen molar-refractivity contribution in [2.45, 2.75) is 20.0 Å². The minimum Gasteiger partial charge on any atom is -0.462 e. The molecule has 0 atom stereocenters. The van der Waals surface area contributed by atoms with Crippen molar-refractivity contribution in [1.82, 2.24) is 19.2 Å². The molecule has 0 fully saturated rings. The van der Waals surface area contributed by atoms with Crippen molar-refractivity contribution in [1.29, 1.82) is 0 Å². The number of ether oxygens (including phenoxy) is 1. The number of hydrogen-bond donors (Lipinski definition) is 0. The lowest BCUT2D eigenvalue weighted by molar-refractivity contribution is -0.143. The lowest BCUT2D eigenvalue weighted by Gasteiger charge is -2.13. The van der Waals surface area contributed by atoms with Crippen molar-refractivity contribution in [3.63, 3.8) is 0 Å². The van der Waals surface area contributed by atoms with Gasteiger partial charge in [-0.2, -0.15) is 18.3 Å². The van der Waals surface area contributed by atoms with Crippen LogP contribution >= 0.6 is 0 Å². The van der Waals surface area contributed by atoms with E-state index in [2.05, 4.69) is 10.1 Å². The Bertz CT molecular complexity index is 911. The Morgan fingerprint density at radius 1 is 1.33 bits per heavy atom. The van der Waals surface area contributed by atoms with Gasteiger partial charge in [0.2, 0.25) is 0 Å². The van der Waals surface area contributed by atoms with Crippen molar-refractivity contribution in [3.05, 3.63) is 47.5 Å². The Kier molecular flexibility index (Phi) is 3.78. The van der Waals surface area contributed by atoms with Gasteiger partial charge in [-0.05, 0) is 26.0 Å². The van der Waals surface area contributed by atoms with Crippen LogP contribution in [0.3, 0.4) is 0 Å². The number of fused-ring (bicyclic) bond motifs is 1. The maximum Gasteiger partial charge on any atom is 0.434 e. The van der Waals surface area contributed by atoms with Gasteiger partial charge in [0.05, 0.1) is 18.5 Å². The molecule has 0 bridgehead atoms. The number of pyridine rings is 1. The van der Waals surface area contributed by atoms with E-state index < -0.39 is 23.4 Å². The molecule has 0 saturated carbocycles. The van der Waals surface area contributed by atoms with Gasteiger partial charge in [0, 0.05) is 6.20 Å². The average molecular weight is 338 g/mol. The molecule has 0 spiro atoms. The van der Waals surface area contributed by atoms with Gasteiger partial charge >= 0.3 is 12.1 Å². The van der Waals surface area contributed by atoms with E-state index in [1.165, 1.54) is 17.4 Å². The van der Waals surface area contributed by atoms with Crippen LogP contribution in [0.2, 0.25) is 0 Å². The van der Waals surface area contributed by atoms with Gasteiger partial charge in [0.15, 0.2) is 5.69 Å². The van der Waals surface area contributed by atoms with Crippen LogP contribution in [-0.2, 0) is 10.9 Å². The van der Waals surface area contributed by atoms with Gasteiger partial charge in [-0.3, -0.25) is 4.40 Å². The summed E-state index contributed by atoms with van der Waals surface area (Å²) in [6.07, 6.45) is -2.32. The van der Waals surface area contributed by atoms with E-state index >= 15 is 0 Å². The molecule has 3 heterocycles. The zero-order valence-corrected chi connectivity index (χ0v) is 12.8. The lowest BCUT2D eigenvalue weighted by atomic mass is 10.2. The third-order valence-corrected chi connectivity index (χ3v) is 3.34. The Morgan fingerprint density at radius 2 is 2.08 bits per heavy atom. The highest BCUT2D eigenvalue weighted by Crippen LogP contribution is 2.34. The summed E-state index contributed by atoms with van der Waals surface area (Å²) in [7, 11) is 0. The van der Waals surface area contributed by atoms with E-state index in [1.807, 2.05) is 0 Å². The molecule has 0 saturated heterocycles. The molecule has 3 aromatic heterocycles. The molecule has 24 heavy (non-hydrogen) atoms. The summed E-state index contributed by atoms with van der Waals surface area (Å²) < 4.78 is 47.5. The summed E-state index contributed by atoms with van der Waals surface area (Å²) >= 11 is 0. The quantitative estimate of drug-likeness (QED) is 0.689. The molecule has 0 aliphatic carbocycles. The summed E-state index contributed by atoms with van der Waals surface area (Å²) in [6.45, 7) is 3.22. The molecule has 0 amide bonds. The fourth-order valence-electron chi connectivity index (χ4n) is 2.44. The highest BCUT2D eigenvalue weighted by Gasteiger charge is 2.41. The first kappa shape index (κ1) is 16.0. The second kappa shape index (κ2) is 5.66. The first-order chi connectivity index (χ1) is 11.3. The van der Waals surface area contributed by atoms with Crippen LogP contribution in [0.25, 0.3) is 11.5 Å². The summed E-state index contributed by atoms with van der Waals surface area (Å²) in [6, 6.07) is 4.70. The highest BCUT2D eigenvalue weighted by molar-refractivity contribution is 5.90. The van der Waals surface area contributed by atoms with E-state index in [1.54, 1.807) is 25.3 Å². The van der Waals surface area contributed by atoms with E-state index in [-0.39, 0.29) is 12.4 Å². The highest BCUT2D eigenvalue weighted by atomic mass is 19.4. The molecule has 3 aromatic rings. The van der Waals surface area contributed by atoms with E-state index in [9.17, 15) is 18.0 Å². The summed E-state index contributed by atoms with van der Waals surface area (Å²) in [5, 5.41) is 3.76. The Hall–Kier alpha value is -2.84. The van der Waals surface area contributed by atoms with E-state index in [4.69, 9.17) is 4.74 Å². The number of nitrogens with zero attached hydrogens (tertiary/aromatic N) is 4. The number of esters is 1. The Labute approximate surface area is 134 Å². The maximum absolute atomic E-state index is 13.5. The third-order valence-electron chi connectivity index (χ3n) is 3.34. The predicted molar refractivity (Wildman–Crippen MR) is 78.0 cm³/mol. The van der Waals surface area contributed by atoms with Crippen LogP contribution in [0.1, 0.15) is 28.7 Å². The van der Waals surface area contributed by atoms with Crippen molar-refractivity contribution >= 4 is 11.6 Å². The van der Waals surface area contributed by atoms with Gasteiger partial charge in [0.25, 0.3) is 0 Å². The van der Waals surface area contributed by atoms with Crippen LogP contribution in [-0.4, -0.2) is 31.7 Å². The van der Waals surface area contributed by atoms with Gasteiger partial charge in [-0.1, -0.05) is 6.07 Å². The van der Waals surface area contributed by atoms with Gasteiger partial charge < -0.3 is 4.74 Å². The van der Waals surface area contributed by atoms with Crippen LogP contribution in [0.4, 0.5) is 13.2 Å². The molecule has 0 N–H and O–H groups in total. The van der Waals surface area contributed by atoms with Crippen LogP contribution in [0, 0.1) is 6.92 Å². The average Bonchev–Trinajstić information content (AvgIpc) is 3.08. The predicted octanol–water partition coefficient (Wildman–Crippen LogP) is 3.02. The minimum absolute atomic E-state index is 0.0302. The molecular formula is C15H13F3N4O2. The molecule has 0 unspecified atom stereocenters. The fourth-order valence-corrected chi connectivity index (χ4v) is 2.44. The topological polar surface area (TPSA) is 61.4 Å². The van der Waals surface area contributed by atoms with Gasteiger partial charge in [0.1, 0.15) is 17.0 Å². The minimum atomic E-state index is -4.78. The molecule has 9 heteroatoms. The number of rotatable bonds is 3. The SMILES string of the molecule is CCOC(=O)c1cnn(-c2cccc3nc(C)cn23)c1C(F)(F)F. The van der Waals surface area contributed by atoms with Crippen LogP contribution in [0.5, 0.6) is 0 Å². The van der Waals surface area contributed by atoms with Crippen molar-refractivity contribution < 1.29 is 22.7 Å². The van der Waals surface area contributed by atoms with Gasteiger partial charge in [-0.15, -0.1) is 0 Å². The molecule has 0 aromatic carbocycles. The number of aromatic nitrogens is 4. The first-order valence-corrected chi connectivity index (χ1v) is 7.10. The number of halogens is 3. The number of aryl methyl sites for hydroxylation is 1. The summed E-state index contributed by atoms with van der Waals surface area (Å²) in [5.41, 5.74) is -0.682. The Balaban J connectivity index is 2.26. The van der Waals surface area contributed by atoms with Crippen molar-refractivity contribution in [3.8, 4) is 5.82 Å². The standard InChI is InChI=1S/C15H13F3N4O2/c1-3-24-14(23)10-7-19-22(13(10)15(16,17)18)12-6-4-5-11-20-9(2)8-21(11)12/h4-8H,3H2,1-2H3. The first-order valence-electron chi connectivity index (χ1n) is 7.10. The number of hydrogen-bond acceptors (Lipinski definition) is 4. The molecular weight excluding hydrogens is 325 g/mol. The van der Waals surface area contributed by atoms with Crippen LogP contribution < -0.4 is 0 Å². The smallest absolute Gasteiger partial charge is 0.434 e. The molecule has 0 aliphatic rings. The number of imidazole rings is 1. The third kappa shape index (κ3) is 2.61. The zero-order valence-electron chi connectivity index (χ0n) is 12.8. The molecule has 0 radical (unpaired) electrons. The number of carbonyl (C=O) groups is 1. The number of carbonyl (C=O) groups excluding carboxylic acids is 1.